The van der Waals surface area contributed by atoms with Crippen LogP contribution in [0.4, 0.5) is 11.5 Å². The summed E-state index contributed by atoms with van der Waals surface area (Å²) in [6, 6.07) is 10.1. The number of amides is 1. The van der Waals surface area contributed by atoms with Crippen LogP contribution in [-0.4, -0.2) is 42.6 Å². The van der Waals surface area contributed by atoms with Crippen LogP contribution in [0.5, 0.6) is 5.88 Å². The van der Waals surface area contributed by atoms with Crippen LogP contribution in [0.3, 0.4) is 0 Å². The van der Waals surface area contributed by atoms with Gasteiger partial charge in [0.25, 0.3) is 0 Å². The fourth-order valence-electron chi connectivity index (χ4n) is 3.76. The molecule has 0 atom stereocenters. The van der Waals surface area contributed by atoms with E-state index in [1.807, 2.05) is 23.1 Å². The lowest BCUT2D eigenvalue weighted by Gasteiger charge is -2.34. The minimum absolute atomic E-state index is 0.0890. The number of benzene rings is 1. The van der Waals surface area contributed by atoms with Crippen LogP contribution in [-0.2, 0) is 11.2 Å². The summed E-state index contributed by atoms with van der Waals surface area (Å²) in [5.74, 6) is 1.79. The molecule has 0 saturated carbocycles. The van der Waals surface area contributed by atoms with Gasteiger partial charge in [-0.2, -0.15) is 0 Å². The minimum atomic E-state index is 0.0890. The van der Waals surface area contributed by atoms with Crippen molar-refractivity contribution in [1.82, 2.24) is 9.97 Å². The van der Waals surface area contributed by atoms with Crippen LogP contribution in [0.25, 0.3) is 0 Å². The van der Waals surface area contributed by atoms with Gasteiger partial charge >= 0.3 is 0 Å². The van der Waals surface area contributed by atoms with E-state index in [9.17, 15) is 4.79 Å². The molecule has 0 N–H and O–H groups in total. The van der Waals surface area contributed by atoms with Crippen LogP contribution in [0.2, 0.25) is 0 Å². The molecule has 130 valence electrons. The van der Waals surface area contributed by atoms with Crippen molar-refractivity contribution >= 4 is 17.4 Å². The molecule has 1 amide bonds. The highest BCUT2D eigenvalue weighted by molar-refractivity contribution is 5.97. The molecule has 0 radical (unpaired) electrons. The third-order valence-corrected chi connectivity index (χ3v) is 5.16. The summed E-state index contributed by atoms with van der Waals surface area (Å²) in [5.41, 5.74) is 2.37. The first-order chi connectivity index (χ1) is 12.3. The first-order valence-corrected chi connectivity index (χ1v) is 8.76. The van der Waals surface area contributed by atoms with Gasteiger partial charge in [0.05, 0.1) is 7.11 Å². The summed E-state index contributed by atoms with van der Waals surface area (Å²) in [5, 5.41) is 0. The van der Waals surface area contributed by atoms with E-state index in [-0.39, 0.29) is 11.8 Å². The van der Waals surface area contributed by atoms with Gasteiger partial charge in [-0.05, 0) is 30.9 Å². The molecule has 0 unspecified atom stereocenters. The summed E-state index contributed by atoms with van der Waals surface area (Å²) in [7, 11) is 1.60. The molecule has 0 bridgehead atoms. The highest BCUT2D eigenvalue weighted by atomic mass is 16.5. The highest BCUT2D eigenvalue weighted by Gasteiger charge is 2.32. The third-order valence-electron chi connectivity index (χ3n) is 5.16. The molecule has 6 nitrogen and oxygen atoms in total. The quantitative estimate of drug-likeness (QED) is 0.859. The van der Waals surface area contributed by atoms with Crippen LogP contribution in [0.1, 0.15) is 18.4 Å². The van der Waals surface area contributed by atoms with Crippen LogP contribution in [0, 0.1) is 5.92 Å². The van der Waals surface area contributed by atoms with Crippen molar-refractivity contribution in [3.05, 3.63) is 42.2 Å². The van der Waals surface area contributed by atoms with E-state index in [0.29, 0.717) is 5.88 Å². The molecule has 1 aromatic carbocycles. The second-order valence-corrected chi connectivity index (χ2v) is 6.55. The van der Waals surface area contributed by atoms with Crippen LogP contribution < -0.4 is 14.5 Å². The molecule has 3 heterocycles. The number of piperidine rings is 1. The first-order valence-electron chi connectivity index (χ1n) is 8.76. The number of ether oxygens (including phenoxy) is 1. The van der Waals surface area contributed by atoms with Crippen molar-refractivity contribution in [3.8, 4) is 5.88 Å². The Labute approximate surface area is 147 Å². The third kappa shape index (κ3) is 3.04. The van der Waals surface area contributed by atoms with Crippen molar-refractivity contribution < 1.29 is 9.53 Å². The zero-order valence-electron chi connectivity index (χ0n) is 14.4. The van der Waals surface area contributed by atoms with Gasteiger partial charge in [-0.25, -0.2) is 9.97 Å². The number of aromatic nitrogens is 2. The number of hydrogen-bond acceptors (Lipinski definition) is 5. The smallest absolute Gasteiger partial charge is 0.230 e. The molecule has 25 heavy (non-hydrogen) atoms. The van der Waals surface area contributed by atoms with Gasteiger partial charge in [-0.15, -0.1) is 0 Å². The normalized spacial score (nSPS) is 17.5. The Kier molecular flexibility index (Phi) is 4.26. The molecule has 2 aromatic rings. The minimum Gasteiger partial charge on any atom is -0.481 e. The van der Waals surface area contributed by atoms with E-state index >= 15 is 0 Å². The maximum atomic E-state index is 13.0. The molecular weight excluding hydrogens is 316 g/mol. The SMILES string of the molecule is COc1cc(N2CCC(C(=O)N3CCc4ccccc43)CC2)ncn1. The lowest BCUT2D eigenvalue weighted by atomic mass is 9.95. The fraction of sp³-hybridized carbons (Fsp3) is 0.421. The van der Waals surface area contributed by atoms with E-state index < -0.39 is 0 Å². The Morgan fingerprint density at radius 3 is 2.76 bits per heavy atom. The Hall–Kier alpha value is -2.63. The summed E-state index contributed by atoms with van der Waals surface area (Å²) in [6.45, 7) is 2.46. The summed E-state index contributed by atoms with van der Waals surface area (Å²) < 4.78 is 5.17. The number of anilines is 2. The topological polar surface area (TPSA) is 58.6 Å². The Balaban J connectivity index is 1.41. The second kappa shape index (κ2) is 6.70. The van der Waals surface area contributed by atoms with Crippen molar-refractivity contribution in [1.29, 1.82) is 0 Å². The number of hydrogen-bond donors (Lipinski definition) is 0. The van der Waals surface area contributed by atoms with Gasteiger partial charge in [-0.3, -0.25) is 4.79 Å². The van der Waals surface area contributed by atoms with Gasteiger partial charge < -0.3 is 14.5 Å². The fourth-order valence-corrected chi connectivity index (χ4v) is 3.76. The van der Waals surface area contributed by atoms with Gasteiger partial charge in [0, 0.05) is 37.3 Å². The molecule has 2 aliphatic rings. The van der Waals surface area contributed by atoms with E-state index in [2.05, 4.69) is 27.0 Å². The van der Waals surface area contributed by atoms with Crippen molar-refractivity contribution in [3.63, 3.8) is 0 Å². The maximum Gasteiger partial charge on any atom is 0.230 e. The summed E-state index contributed by atoms with van der Waals surface area (Å²) in [4.78, 5) is 25.5. The largest absolute Gasteiger partial charge is 0.481 e. The molecule has 0 spiro atoms. The number of rotatable bonds is 3. The van der Waals surface area contributed by atoms with E-state index in [0.717, 1.165) is 50.4 Å². The Bertz CT molecular complexity index is 772. The summed E-state index contributed by atoms with van der Waals surface area (Å²) in [6.07, 6.45) is 4.18. The zero-order valence-corrected chi connectivity index (χ0v) is 14.4. The molecular formula is C19H22N4O2. The van der Waals surface area contributed by atoms with Gasteiger partial charge in [0.1, 0.15) is 12.1 Å². The Morgan fingerprint density at radius 1 is 1.16 bits per heavy atom. The maximum absolute atomic E-state index is 13.0. The number of methoxy groups -OCH3 is 1. The standard InChI is InChI=1S/C19H22N4O2/c1-25-18-12-17(20-13-21-18)22-9-6-15(7-10-22)19(24)23-11-8-14-4-2-3-5-16(14)23/h2-5,12-13,15H,6-11H2,1H3. The molecule has 0 aliphatic carbocycles. The molecule has 1 aromatic heterocycles. The molecule has 2 aliphatic heterocycles. The van der Waals surface area contributed by atoms with Crippen molar-refractivity contribution in [2.24, 2.45) is 5.92 Å². The van der Waals surface area contributed by atoms with E-state index in [4.69, 9.17) is 4.74 Å². The summed E-state index contributed by atoms with van der Waals surface area (Å²) >= 11 is 0. The first kappa shape index (κ1) is 15.9. The van der Waals surface area contributed by atoms with Crippen molar-refractivity contribution in [2.45, 2.75) is 19.3 Å². The average Bonchev–Trinajstić information content (AvgIpc) is 3.12. The lowest BCUT2D eigenvalue weighted by molar-refractivity contribution is -0.122. The second-order valence-electron chi connectivity index (χ2n) is 6.55. The number of para-hydroxylation sites is 1. The van der Waals surface area contributed by atoms with Crippen molar-refractivity contribution in [2.75, 3.05) is 36.5 Å². The van der Waals surface area contributed by atoms with E-state index in [1.165, 1.54) is 11.9 Å². The number of carbonyl (C=O) groups excluding carboxylic acids is 1. The molecule has 1 saturated heterocycles. The van der Waals surface area contributed by atoms with Gasteiger partial charge in [0.15, 0.2) is 0 Å². The highest BCUT2D eigenvalue weighted by Crippen LogP contribution is 2.31. The average molecular weight is 338 g/mol. The molecule has 1 fully saturated rings. The molecule has 6 heteroatoms. The number of nitrogens with zero attached hydrogens (tertiary/aromatic N) is 4. The van der Waals surface area contributed by atoms with Gasteiger partial charge in [-0.1, -0.05) is 18.2 Å². The monoisotopic (exact) mass is 338 g/mol. The lowest BCUT2D eigenvalue weighted by Crippen LogP contribution is -2.42. The van der Waals surface area contributed by atoms with E-state index in [1.54, 1.807) is 7.11 Å². The number of carbonyl (C=O) groups is 1. The number of fused-ring (bicyclic) bond motifs is 1. The van der Waals surface area contributed by atoms with Gasteiger partial charge in [0.2, 0.25) is 11.8 Å². The zero-order chi connectivity index (χ0) is 17.2. The molecule has 4 rings (SSSR count). The predicted molar refractivity (Wildman–Crippen MR) is 96.0 cm³/mol. The predicted octanol–water partition coefficient (Wildman–Crippen LogP) is 2.29. The Morgan fingerprint density at radius 2 is 1.96 bits per heavy atom. The van der Waals surface area contributed by atoms with Crippen LogP contribution >= 0.6 is 0 Å². The van der Waals surface area contributed by atoms with Crippen LogP contribution in [0.15, 0.2) is 36.7 Å².